The Labute approximate surface area is 132 Å². The fraction of sp³-hybridized carbons (Fsp3) is 0.471. The van der Waals surface area contributed by atoms with Crippen molar-refractivity contribution in [2.24, 2.45) is 4.40 Å². The Hall–Kier alpha value is -1.62. The second-order valence-electron chi connectivity index (χ2n) is 6.11. The first-order chi connectivity index (χ1) is 10.5. The summed E-state index contributed by atoms with van der Waals surface area (Å²) in [5, 5.41) is 0. The normalized spacial score (nSPS) is 21.7. The molecule has 1 aromatic carbocycles. The van der Waals surface area contributed by atoms with E-state index >= 15 is 0 Å². The van der Waals surface area contributed by atoms with Gasteiger partial charge in [0.05, 0.1) is 0 Å². The Morgan fingerprint density at radius 1 is 0.955 bits per heavy atom. The first kappa shape index (κ1) is 15.3. The van der Waals surface area contributed by atoms with Crippen LogP contribution in [-0.4, -0.2) is 32.2 Å². The van der Waals surface area contributed by atoms with Crippen molar-refractivity contribution in [3.8, 4) is 0 Å². The SMILES string of the molecule is CC1=C(c2ccc(C)cc2)S(=O)(=O)N=C1N1CCCCCC1. The average molecular weight is 318 g/mol. The predicted molar refractivity (Wildman–Crippen MR) is 90.2 cm³/mol. The van der Waals surface area contributed by atoms with Crippen molar-refractivity contribution in [2.75, 3.05) is 13.1 Å². The van der Waals surface area contributed by atoms with E-state index in [1.807, 2.05) is 38.1 Å². The van der Waals surface area contributed by atoms with Gasteiger partial charge in [-0.05, 0) is 32.3 Å². The van der Waals surface area contributed by atoms with E-state index in [-0.39, 0.29) is 0 Å². The molecule has 0 amide bonds. The van der Waals surface area contributed by atoms with Crippen LogP contribution in [0.25, 0.3) is 4.91 Å². The molecule has 118 valence electrons. The Bertz CT molecular complexity index is 722. The molecule has 0 unspecified atom stereocenters. The van der Waals surface area contributed by atoms with Crippen molar-refractivity contribution in [2.45, 2.75) is 39.5 Å². The highest BCUT2D eigenvalue weighted by Crippen LogP contribution is 2.34. The van der Waals surface area contributed by atoms with Crippen LogP contribution in [0.1, 0.15) is 43.7 Å². The molecule has 0 spiro atoms. The summed E-state index contributed by atoms with van der Waals surface area (Å²) in [6.45, 7) is 5.66. The molecule has 0 radical (unpaired) electrons. The lowest BCUT2D eigenvalue weighted by atomic mass is 10.1. The van der Waals surface area contributed by atoms with Crippen LogP contribution in [0.5, 0.6) is 0 Å². The standard InChI is InChI=1S/C17H22N2O2S/c1-13-7-9-15(10-8-13)16-14(2)17(18-22(16,20)21)19-11-5-3-4-6-12-19/h7-10H,3-6,11-12H2,1-2H3. The van der Waals surface area contributed by atoms with E-state index in [4.69, 9.17) is 0 Å². The van der Waals surface area contributed by atoms with Gasteiger partial charge in [0.2, 0.25) is 0 Å². The number of likely N-dealkylation sites (tertiary alicyclic amines) is 1. The largest absolute Gasteiger partial charge is 0.356 e. The molecule has 0 N–H and O–H groups in total. The fourth-order valence-corrected chi connectivity index (χ4v) is 4.65. The van der Waals surface area contributed by atoms with Crippen molar-refractivity contribution >= 4 is 20.8 Å². The number of hydrogen-bond donors (Lipinski definition) is 0. The highest BCUT2D eigenvalue weighted by Gasteiger charge is 2.33. The number of hydrogen-bond acceptors (Lipinski definition) is 3. The molecule has 0 atom stereocenters. The molecule has 1 aromatic rings. The topological polar surface area (TPSA) is 49.7 Å². The molecular weight excluding hydrogens is 296 g/mol. The van der Waals surface area contributed by atoms with Gasteiger partial charge in [-0.25, -0.2) is 0 Å². The van der Waals surface area contributed by atoms with Gasteiger partial charge in [-0.2, -0.15) is 8.42 Å². The van der Waals surface area contributed by atoms with Crippen LogP contribution in [0.15, 0.2) is 34.2 Å². The summed E-state index contributed by atoms with van der Waals surface area (Å²) < 4.78 is 29.1. The maximum atomic E-state index is 12.5. The van der Waals surface area contributed by atoms with E-state index in [1.165, 1.54) is 12.8 Å². The van der Waals surface area contributed by atoms with Gasteiger partial charge in [0, 0.05) is 18.7 Å². The molecule has 3 rings (SSSR count). The van der Waals surface area contributed by atoms with Crippen molar-refractivity contribution < 1.29 is 8.42 Å². The molecule has 2 aliphatic rings. The van der Waals surface area contributed by atoms with E-state index in [9.17, 15) is 8.42 Å². The number of amidine groups is 1. The summed E-state index contributed by atoms with van der Waals surface area (Å²) in [5.41, 5.74) is 2.63. The number of sulfonamides is 1. The quantitative estimate of drug-likeness (QED) is 0.798. The molecule has 2 aliphatic heterocycles. The molecule has 1 fully saturated rings. The number of nitrogens with zero attached hydrogens (tertiary/aromatic N) is 2. The van der Waals surface area contributed by atoms with Crippen molar-refractivity contribution in [3.05, 3.63) is 41.0 Å². The molecule has 0 bridgehead atoms. The van der Waals surface area contributed by atoms with Gasteiger partial charge in [0.25, 0.3) is 10.0 Å². The minimum Gasteiger partial charge on any atom is -0.356 e. The summed E-state index contributed by atoms with van der Waals surface area (Å²) in [6.07, 6.45) is 4.63. The Morgan fingerprint density at radius 2 is 1.55 bits per heavy atom. The third-order valence-corrected chi connectivity index (χ3v) is 5.83. The van der Waals surface area contributed by atoms with Crippen LogP contribution < -0.4 is 0 Å². The van der Waals surface area contributed by atoms with Gasteiger partial charge >= 0.3 is 0 Å². The minimum atomic E-state index is -3.59. The molecule has 0 aliphatic carbocycles. The minimum absolute atomic E-state index is 0.367. The maximum absolute atomic E-state index is 12.5. The van der Waals surface area contributed by atoms with E-state index in [2.05, 4.69) is 9.30 Å². The van der Waals surface area contributed by atoms with E-state index < -0.39 is 10.0 Å². The molecule has 22 heavy (non-hydrogen) atoms. The van der Waals surface area contributed by atoms with Crippen LogP contribution in [0.2, 0.25) is 0 Å². The average Bonchev–Trinajstić information content (AvgIpc) is 2.67. The smallest absolute Gasteiger partial charge is 0.285 e. The number of aryl methyl sites for hydroxylation is 1. The van der Waals surface area contributed by atoms with Crippen LogP contribution in [0, 0.1) is 6.92 Å². The third-order valence-electron chi connectivity index (χ3n) is 4.36. The van der Waals surface area contributed by atoms with E-state index in [0.29, 0.717) is 10.7 Å². The first-order valence-electron chi connectivity index (χ1n) is 7.87. The third kappa shape index (κ3) is 2.82. The maximum Gasteiger partial charge on any atom is 0.285 e. The lowest BCUT2D eigenvalue weighted by Gasteiger charge is -2.22. The lowest BCUT2D eigenvalue weighted by Crippen LogP contribution is -2.31. The molecule has 0 saturated carbocycles. The highest BCUT2D eigenvalue weighted by molar-refractivity contribution is 8.00. The predicted octanol–water partition coefficient (Wildman–Crippen LogP) is 3.34. The van der Waals surface area contributed by atoms with Crippen LogP contribution in [0.4, 0.5) is 0 Å². The zero-order chi connectivity index (χ0) is 15.7. The van der Waals surface area contributed by atoms with E-state index in [1.54, 1.807) is 0 Å². The zero-order valence-electron chi connectivity index (χ0n) is 13.2. The molecule has 1 saturated heterocycles. The second kappa shape index (κ2) is 5.88. The van der Waals surface area contributed by atoms with Crippen molar-refractivity contribution in [1.82, 2.24) is 4.90 Å². The van der Waals surface area contributed by atoms with Gasteiger partial charge in [-0.15, -0.1) is 4.40 Å². The summed E-state index contributed by atoms with van der Waals surface area (Å²) in [5.74, 6) is 0.650. The Balaban J connectivity index is 2.01. The zero-order valence-corrected chi connectivity index (χ0v) is 14.0. The lowest BCUT2D eigenvalue weighted by molar-refractivity contribution is 0.436. The number of benzene rings is 1. The van der Waals surface area contributed by atoms with Gasteiger partial charge in [-0.1, -0.05) is 42.7 Å². The molecule has 2 heterocycles. The Kier molecular flexibility index (Phi) is 4.08. The van der Waals surface area contributed by atoms with Gasteiger partial charge < -0.3 is 4.90 Å². The summed E-state index contributed by atoms with van der Waals surface area (Å²) in [6, 6.07) is 7.61. The summed E-state index contributed by atoms with van der Waals surface area (Å²) in [7, 11) is -3.59. The first-order valence-corrected chi connectivity index (χ1v) is 9.31. The van der Waals surface area contributed by atoms with Gasteiger partial charge in [0.15, 0.2) is 0 Å². The molecule has 0 aromatic heterocycles. The van der Waals surface area contributed by atoms with Gasteiger partial charge in [0.1, 0.15) is 10.7 Å². The van der Waals surface area contributed by atoms with Crippen LogP contribution in [0.3, 0.4) is 0 Å². The monoisotopic (exact) mass is 318 g/mol. The number of rotatable bonds is 1. The molecular formula is C17H22N2O2S. The van der Waals surface area contributed by atoms with Crippen LogP contribution in [-0.2, 0) is 10.0 Å². The van der Waals surface area contributed by atoms with Crippen LogP contribution >= 0.6 is 0 Å². The van der Waals surface area contributed by atoms with E-state index in [0.717, 1.165) is 42.6 Å². The molecule has 4 nitrogen and oxygen atoms in total. The molecule has 5 heteroatoms. The van der Waals surface area contributed by atoms with Gasteiger partial charge in [-0.3, -0.25) is 0 Å². The fourth-order valence-electron chi connectivity index (χ4n) is 3.17. The van der Waals surface area contributed by atoms with Crippen molar-refractivity contribution in [3.63, 3.8) is 0 Å². The second-order valence-corrected chi connectivity index (χ2v) is 7.65. The van der Waals surface area contributed by atoms with Crippen molar-refractivity contribution in [1.29, 1.82) is 0 Å². The summed E-state index contributed by atoms with van der Waals surface area (Å²) in [4.78, 5) is 2.51. The summed E-state index contributed by atoms with van der Waals surface area (Å²) >= 11 is 0. The Morgan fingerprint density at radius 3 is 2.14 bits per heavy atom. The highest BCUT2D eigenvalue weighted by atomic mass is 32.2.